The molecule has 0 radical (unpaired) electrons. The molecule has 2 aromatic heterocycles. The maximum atomic E-state index is 13.0. The summed E-state index contributed by atoms with van der Waals surface area (Å²) in [4.78, 5) is 23.0. The van der Waals surface area contributed by atoms with Crippen molar-refractivity contribution in [2.75, 3.05) is 19.7 Å². The van der Waals surface area contributed by atoms with Crippen molar-refractivity contribution < 1.29 is 9.53 Å². The molecule has 5 nitrogen and oxygen atoms in total. The number of benzene rings is 2. The first-order valence-corrected chi connectivity index (χ1v) is 11.2. The standard InChI is InChI=1S/C27H27N3O2/c31-27(14-13-21-18-28-24-11-5-4-10-23(21)24)30-15-16-32-26(19-30)25-12-6-9-22(29-25)17-20-7-2-1-3-8-20/h1-12,18,26,28H,13-17,19H2/t26-/m0/s1. The molecule has 1 aliphatic rings. The first kappa shape index (κ1) is 20.5. The SMILES string of the molecule is O=C(CCc1c[nH]c2ccccc12)N1CCO[C@H](c2cccc(Cc3ccccc3)n2)C1. The average molecular weight is 426 g/mol. The third kappa shape index (κ3) is 4.58. The number of aromatic nitrogens is 2. The van der Waals surface area contributed by atoms with Gasteiger partial charge in [0, 0.05) is 42.2 Å². The van der Waals surface area contributed by atoms with Gasteiger partial charge in [-0.05, 0) is 35.7 Å². The number of carbonyl (C=O) groups excluding carboxylic acids is 1. The van der Waals surface area contributed by atoms with Crippen molar-refractivity contribution in [3.05, 3.63) is 102 Å². The number of ether oxygens (including phenoxy) is 1. The fourth-order valence-electron chi connectivity index (χ4n) is 4.37. The number of para-hydroxylation sites is 1. The largest absolute Gasteiger partial charge is 0.368 e. The predicted octanol–water partition coefficient (Wildman–Crippen LogP) is 4.69. The van der Waals surface area contributed by atoms with Gasteiger partial charge in [0.25, 0.3) is 0 Å². The summed E-state index contributed by atoms with van der Waals surface area (Å²) in [7, 11) is 0. The molecule has 0 aliphatic carbocycles. The summed E-state index contributed by atoms with van der Waals surface area (Å²) in [6, 6.07) is 24.6. The number of aryl methyl sites for hydroxylation is 1. The van der Waals surface area contributed by atoms with Crippen molar-refractivity contribution in [2.45, 2.75) is 25.4 Å². The van der Waals surface area contributed by atoms with Gasteiger partial charge in [-0.2, -0.15) is 0 Å². The first-order valence-electron chi connectivity index (χ1n) is 11.2. The first-order chi connectivity index (χ1) is 15.8. The fraction of sp³-hybridized carbons (Fsp3) is 0.259. The number of aromatic amines is 1. The van der Waals surface area contributed by atoms with Gasteiger partial charge in [0.05, 0.1) is 18.8 Å². The van der Waals surface area contributed by atoms with Crippen LogP contribution in [0.1, 0.15) is 35.0 Å². The molecule has 0 unspecified atom stereocenters. The summed E-state index contributed by atoms with van der Waals surface area (Å²) in [5, 5.41) is 1.19. The van der Waals surface area contributed by atoms with Crippen LogP contribution in [0.5, 0.6) is 0 Å². The van der Waals surface area contributed by atoms with Gasteiger partial charge in [-0.1, -0.05) is 54.6 Å². The zero-order chi connectivity index (χ0) is 21.8. The Balaban J connectivity index is 1.22. The molecule has 5 heteroatoms. The number of hydrogen-bond acceptors (Lipinski definition) is 3. The number of rotatable bonds is 6. The molecule has 1 aliphatic heterocycles. The Labute approximate surface area is 188 Å². The minimum Gasteiger partial charge on any atom is -0.368 e. The Morgan fingerprint density at radius 3 is 2.78 bits per heavy atom. The lowest BCUT2D eigenvalue weighted by Crippen LogP contribution is -2.42. The number of morpholine rings is 1. The molecule has 32 heavy (non-hydrogen) atoms. The van der Waals surface area contributed by atoms with Crippen molar-refractivity contribution in [1.82, 2.24) is 14.9 Å². The second-order valence-electron chi connectivity index (χ2n) is 8.27. The van der Waals surface area contributed by atoms with E-state index in [2.05, 4.69) is 29.2 Å². The van der Waals surface area contributed by atoms with E-state index in [9.17, 15) is 4.79 Å². The van der Waals surface area contributed by atoms with Crippen LogP contribution in [0.15, 0.2) is 79.0 Å². The lowest BCUT2D eigenvalue weighted by molar-refractivity contribution is -0.139. The number of hydrogen-bond donors (Lipinski definition) is 1. The average Bonchev–Trinajstić information content (AvgIpc) is 3.26. The van der Waals surface area contributed by atoms with Gasteiger partial charge < -0.3 is 14.6 Å². The van der Waals surface area contributed by atoms with Gasteiger partial charge in [0.1, 0.15) is 6.10 Å². The van der Waals surface area contributed by atoms with Crippen LogP contribution in [0.25, 0.3) is 10.9 Å². The molecule has 0 saturated carbocycles. The van der Waals surface area contributed by atoms with Crippen LogP contribution in [0.3, 0.4) is 0 Å². The number of amides is 1. The Kier molecular flexibility index (Phi) is 5.99. The second-order valence-corrected chi connectivity index (χ2v) is 8.27. The van der Waals surface area contributed by atoms with E-state index in [0.717, 1.165) is 29.7 Å². The predicted molar refractivity (Wildman–Crippen MR) is 125 cm³/mol. The van der Waals surface area contributed by atoms with Crippen LogP contribution in [0, 0.1) is 0 Å². The lowest BCUT2D eigenvalue weighted by atomic mass is 10.1. The molecule has 4 aromatic rings. The fourth-order valence-corrected chi connectivity index (χ4v) is 4.37. The number of nitrogens with one attached hydrogen (secondary N) is 1. The highest BCUT2D eigenvalue weighted by molar-refractivity contribution is 5.84. The zero-order valence-electron chi connectivity index (χ0n) is 18.0. The molecule has 1 fully saturated rings. The molecule has 3 heterocycles. The Morgan fingerprint density at radius 1 is 1.03 bits per heavy atom. The van der Waals surface area contributed by atoms with E-state index in [-0.39, 0.29) is 12.0 Å². The highest BCUT2D eigenvalue weighted by Gasteiger charge is 2.26. The summed E-state index contributed by atoms with van der Waals surface area (Å²) in [5.41, 5.74) is 5.44. The molecule has 0 bridgehead atoms. The molecule has 1 N–H and O–H groups in total. The highest BCUT2D eigenvalue weighted by atomic mass is 16.5. The smallest absolute Gasteiger partial charge is 0.223 e. The molecule has 162 valence electrons. The molecule has 1 atom stereocenters. The molecular formula is C27H27N3O2. The van der Waals surface area contributed by atoms with E-state index in [1.54, 1.807) is 0 Å². The number of pyridine rings is 1. The van der Waals surface area contributed by atoms with E-state index in [1.807, 2.05) is 59.6 Å². The highest BCUT2D eigenvalue weighted by Crippen LogP contribution is 2.23. The topological polar surface area (TPSA) is 58.2 Å². The summed E-state index contributed by atoms with van der Waals surface area (Å²) in [6.07, 6.45) is 3.85. The quantitative estimate of drug-likeness (QED) is 0.488. The van der Waals surface area contributed by atoms with Gasteiger partial charge in [-0.15, -0.1) is 0 Å². The summed E-state index contributed by atoms with van der Waals surface area (Å²) < 4.78 is 6.00. The summed E-state index contributed by atoms with van der Waals surface area (Å²) in [5.74, 6) is 0.170. The van der Waals surface area contributed by atoms with E-state index in [0.29, 0.717) is 26.1 Å². The van der Waals surface area contributed by atoms with Crippen LogP contribution in [0.4, 0.5) is 0 Å². The van der Waals surface area contributed by atoms with Gasteiger partial charge in [0.2, 0.25) is 5.91 Å². The van der Waals surface area contributed by atoms with Gasteiger partial charge in [0.15, 0.2) is 0 Å². The van der Waals surface area contributed by atoms with Crippen LogP contribution in [-0.4, -0.2) is 40.5 Å². The van der Waals surface area contributed by atoms with Crippen molar-refractivity contribution in [3.63, 3.8) is 0 Å². The summed E-state index contributed by atoms with van der Waals surface area (Å²) in [6.45, 7) is 1.72. The Morgan fingerprint density at radius 2 is 1.88 bits per heavy atom. The number of carbonyl (C=O) groups is 1. The van der Waals surface area contributed by atoms with Crippen LogP contribution < -0.4 is 0 Å². The maximum Gasteiger partial charge on any atom is 0.223 e. The van der Waals surface area contributed by atoms with E-state index in [1.165, 1.54) is 16.5 Å². The van der Waals surface area contributed by atoms with Crippen molar-refractivity contribution in [2.24, 2.45) is 0 Å². The minimum absolute atomic E-state index is 0.170. The van der Waals surface area contributed by atoms with Crippen LogP contribution >= 0.6 is 0 Å². The zero-order valence-corrected chi connectivity index (χ0v) is 18.0. The Bertz CT molecular complexity index is 1200. The normalized spacial score (nSPS) is 16.4. The monoisotopic (exact) mass is 425 g/mol. The molecule has 1 saturated heterocycles. The molecule has 5 rings (SSSR count). The second kappa shape index (κ2) is 9.37. The minimum atomic E-state index is -0.184. The van der Waals surface area contributed by atoms with Gasteiger partial charge in [-0.3, -0.25) is 9.78 Å². The van der Waals surface area contributed by atoms with E-state index < -0.39 is 0 Å². The van der Waals surface area contributed by atoms with E-state index in [4.69, 9.17) is 9.72 Å². The van der Waals surface area contributed by atoms with Crippen LogP contribution in [0.2, 0.25) is 0 Å². The molecule has 1 amide bonds. The van der Waals surface area contributed by atoms with Crippen molar-refractivity contribution in [3.8, 4) is 0 Å². The third-order valence-electron chi connectivity index (χ3n) is 6.09. The van der Waals surface area contributed by atoms with Crippen LogP contribution in [-0.2, 0) is 22.4 Å². The summed E-state index contributed by atoms with van der Waals surface area (Å²) >= 11 is 0. The number of H-pyrrole nitrogens is 1. The van der Waals surface area contributed by atoms with Gasteiger partial charge in [-0.25, -0.2) is 0 Å². The molecule has 2 aromatic carbocycles. The lowest BCUT2D eigenvalue weighted by Gasteiger charge is -2.33. The maximum absolute atomic E-state index is 13.0. The third-order valence-corrected chi connectivity index (χ3v) is 6.09. The molecular weight excluding hydrogens is 398 g/mol. The Hall–Kier alpha value is -3.44. The van der Waals surface area contributed by atoms with Gasteiger partial charge >= 0.3 is 0 Å². The van der Waals surface area contributed by atoms with Crippen molar-refractivity contribution >= 4 is 16.8 Å². The number of nitrogens with zero attached hydrogens (tertiary/aromatic N) is 2. The van der Waals surface area contributed by atoms with Crippen molar-refractivity contribution in [1.29, 1.82) is 0 Å². The van der Waals surface area contributed by atoms with E-state index >= 15 is 0 Å². The molecule has 0 spiro atoms. The number of fused-ring (bicyclic) bond motifs is 1.